The van der Waals surface area contributed by atoms with Crippen LogP contribution in [0.25, 0.3) is 0 Å². The fraction of sp³-hybridized carbons (Fsp3) is 0.400. The topological polar surface area (TPSA) is 29.5 Å². The first kappa shape index (κ1) is 9.03. The van der Waals surface area contributed by atoms with Crippen molar-refractivity contribution in [2.75, 3.05) is 7.11 Å². The van der Waals surface area contributed by atoms with Crippen molar-refractivity contribution in [3.05, 3.63) is 27.2 Å². The van der Waals surface area contributed by atoms with Crippen LogP contribution in [-0.4, -0.2) is 12.2 Å². The van der Waals surface area contributed by atoms with Gasteiger partial charge in [0.05, 0.1) is 17.7 Å². The van der Waals surface area contributed by atoms with Gasteiger partial charge in [-0.25, -0.2) is 0 Å². The van der Waals surface area contributed by atoms with E-state index >= 15 is 0 Å². The fourth-order valence-corrected chi connectivity index (χ4v) is 2.47. The highest BCUT2D eigenvalue weighted by molar-refractivity contribution is 9.10. The summed E-state index contributed by atoms with van der Waals surface area (Å²) >= 11 is 3.47. The quantitative estimate of drug-likeness (QED) is 0.820. The van der Waals surface area contributed by atoms with Gasteiger partial charge in [-0.3, -0.25) is 0 Å². The number of rotatable bonds is 1. The molecule has 13 heavy (non-hydrogen) atoms. The summed E-state index contributed by atoms with van der Waals surface area (Å²) in [6.07, 6.45) is 0.450. The fourth-order valence-electron chi connectivity index (χ4n) is 1.82. The van der Waals surface area contributed by atoms with E-state index < -0.39 is 0 Å². The molecule has 1 aliphatic rings. The Bertz CT molecular complexity index is 360. The molecule has 0 saturated carbocycles. The van der Waals surface area contributed by atoms with Crippen molar-refractivity contribution in [2.45, 2.75) is 19.4 Å². The van der Waals surface area contributed by atoms with E-state index in [-0.39, 0.29) is 6.10 Å². The predicted octanol–water partition coefficient (Wildman–Crippen LogP) is 2.36. The van der Waals surface area contributed by atoms with E-state index in [4.69, 9.17) is 4.74 Å². The van der Waals surface area contributed by atoms with Crippen LogP contribution in [0, 0.1) is 6.92 Å². The molecule has 1 atom stereocenters. The molecule has 70 valence electrons. The monoisotopic (exact) mass is 242 g/mol. The Morgan fingerprint density at radius 2 is 2.31 bits per heavy atom. The third-order valence-corrected chi connectivity index (χ3v) is 3.40. The van der Waals surface area contributed by atoms with Crippen LogP contribution in [0.2, 0.25) is 0 Å². The minimum atomic E-state index is -0.280. The lowest BCUT2D eigenvalue weighted by Crippen LogP contribution is -2.19. The van der Waals surface area contributed by atoms with Gasteiger partial charge in [-0.15, -0.1) is 0 Å². The van der Waals surface area contributed by atoms with Gasteiger partial charge in [-0.1, -0.05) is 0 Å². The molecule has 1 aromatic carbocycles. The van der Waals surface area contributed by atoms with Crippen LogP contribution in [-0.2, 0) is 6.42 Å². The second-order valence-corrected chi connectivity index (χ2v) is 4.11. The van der Waals surface area contributed by atoms with E-state index in [0.717, 1.165) is 27.8 Å². The highest BCUT2D eigenvalue weighted by Crippen LogP contribution is 2.44. The van der Waals surface area contributed by atoms with Gasteiger partial charge >= 0.3 is 0 Å². The van der Waals surface area contributed by atoms with Crippen LogP contribution in [0.15, 0.2) is 10.5 Å². The molecule has 1 aromatic rings. The Morgan fingerprint density at radius 3 is 2.85 bits per heavy atom. The number of hydrogen-bond acceptors (Lipinski definition) is 2. The highest BCUT2D eigenvalue weighted by Gasteiger charge is 2.29. The van der Waals surface area contributed by atoms with Gasteiger partial charge < -0.3 is 9.84 Å². The lowest BCUT2D eigenvalue weighted by molar-refractivity contribution is 0.152. The Hall–Kier alpha value is -0.540. The third-order valence-electron chi connectivity index (χ3n) is 2.53. The number of benzene rings is 1. The smallest absolute Gasteiger partial charge is 0.133 e. The maximum atomic E-state index is 9.51. The number of aryl methyl sites for hydroxylation is 1. The molecule has 0 aliphatic heterocycles. The van der Waals surface area contributed by atoms with Gasteiger partial charge in [0.25, 0.3) is 0 Å². The van der Waals surface area contributed by atoms with Crippen LogP contribution in [0.5, 0.6) is 5.75 Å². The van der Waals surface area contributed by atoms with E-state index in [2.05, 4.69) is 15.9 Å². The van der Waals surface area contributed by atoms with Crippen molar-refractivity contribution in [2.24, 2.45) is 0 Å². The molecule has 2 nitrogen and oxygen atoms in total. The lowest BCUT2D eigenvalue weighted by atomic mass is 9.82. The molecule has 0 amide bonds. The summed E-state index contributed by atoms with van der Waals surface area (Å²) in [7, 11) is 1.65. The van der Waals surface area contributed by atoms with Gasteiger partial charge in [0.1, 0.15) is 5.75 Å². The van der Waals surface area contributed by atoms with Crippen LogP contribution in [0.4, 0.5) is 0 Å². The van der Waals surface area contributed by atoms with Gasteiger partial charge in [0.15, 0.2) is 0 Å². The summed E-state index contributed by atoms with van der Waals surface area (Å²) in [5.41, 5.74) is 3.35. The summed E-state index contributed by atoms with van der Waals surface area (Å²) in [5, 5.41) is 9.51. The van der Waals surface area contributed by atoms with Crippen LogP contribution in [0.3, 0.4) is 0 Å². The number of methoxy groups -OCH3 is 1. The Balaban J connectivity index is 2.60. The third kappa shape index (κ3) is 1.18. The molecule has 0 radical (unpaired) electrons. The maximum absolute atomic E-state index is 9.51. The molecule has 0 saturated heterocycles. The maximum Gasteiger partial charge on any atom is 0.133 e. The predicted molar refractivity (Wildman–Crippen MR) is 54.1 cm³/mol. The largest absolute Gasteiger partial charge is 0.496 e. The standard InChI is InChI=1S/C10H11BrO2/c1-5-3-8(13-2)10(11)6-4-7(12)9(5)6/h3,7,12H,4H2,1-2H3. The zero-order valence-corrected chi connectivity index (χ0v) is 9.18. The molecule has 2 rings (SSSR count). The second kappa shape index (κ2) is 3.00. The lowest BCUT2D eigenvalue weighted by Gasteiger charge is -2.29. The molecule has 0 bridgehead atoms. The summed E-state index contributed by atoms with van der Waals surface area (Å²) in [6.45, 7) is 2.00. The minimum absolute atomic E-state index is 0.280. The van der Waals surface area contributed by atoms with Crippen molar-refractivity contribution in [3.8, 4) is 5.75 Å². The number of fused-ring (bicyclic) bond motifs is 1. The number of ether oxygens (including phenoxy) is 1. The molecule has 0 fully saturated rings. The summed E-state index contributed by atoms with van der Waals surface area (Å²) in [5.74, 6) is 0.850. The number of hydrogen-bond donors (Lipinski definition) is 1. The molecule has 3 heteroatoms. The summed E-state index contributed by atoms with van der Waals surface area (Å²) in [6, 6.07) is 1.95. The zero-order chi connectivity index (χ0) is 9.59. The van der Waals surface area contributed by atoms with E-state index in [1.54, 1.807) is 7.11 Å². The summed E-state index contributed by atoms with van der Waals surface area (Å²) in [4.78, 5) is 0. The van der Waals surface area contributed by atoms with Crippen LogP contribution in [0.1, 0.15) is 22.8 Å². The van der Waals surface area contributed by atoms with E-state index in [9.17, 15) is 5.11 Å². The molecular formula is C10H11BrO2. The molecule has 0 heterocycles. The van der Waals surface area contributed by atoms with Gasteiger partial charge in [-0.05, 0) is 45.6 Å². The molecule has 0 aromatic heterocycles. The highest BCUT2D eigenvalue weighted by atomic mass is 79.9. The Morgan fingerprint density at radius 1 is 1.62 bits per heavy atom. The molecular weight excluding hydrogens is 232 g/mol. The van der Waals surface area contributed by atoms with Gasteiger partial charge in [-0.2, -0.15) is 0 Å². The normalized spacial score (nSPS) is 19.2. The first-order valence-electron chi connectivity index (χ1n) is 4.19. The minimum Gasteiger partial charge on any atom is -0.496 e. The summed E-state index contributed by atoms with van der Waals surface area (Å²) < 4.78 is 6.19. The Labute approximate surface area is 85.7 Å². The average Bonchev–Trinajstić information content (AvgIpc) is 2.07. The van der Waals surface area contributed by atoms with Crippen molar-refractivity contribution in [1.29, 1.82) is 0 Å². The SMILES string of the molecule is COc1cc(C)c2c(c1Br)CC2O. The number of aliphatic hydroxyl groups is 1. The number of aliphatic hydroxyl groups excluding tert-OH is 1. The van der Waals surface area contributed by atoms with Gasteiger partial charge in [0.2, 0.25) is 0 Å². The number of halogens is 1. The second-order valence-electron chi connectivity index (χ2n) is 3.32. The molecule has 0 spiro atoms. The first-order chi connectivity index (χ1) is 6.15. The van der Waals surface area contributed by atoms with E-state index in [0.29, 0.717) is 0 Å². The van der Waals surface area contributed by atoms with Crippen molar-refractivity contribution < 1.29 is 9.84 Å². The van der Waals surface area contributed by atoms with Crippen LogP contribution >= 0.6 is 15.9 Å². The van der Waals surface area contributed by atoms with E-state index in [1.807, 2.05) is 13.0 Å². The Kier molecular flexibility index (Phi) is 2.08. The van der Waals surface area contributed by atoms with Crippen molar-refractivity contribution in [1.82, 2.24) is 0 Å². The zero-order valence-electron chi connectivity index (χ0n) is 7.60. The van der Waals surface area contributed by atoms with Crippen LogP contribution < -0.4 is 4.74 Å². The van der Waals surface area contributed by atoms with E-state index in [1.165, 1.54) is 5.56 Å². The first-order valence-corrected chi connectivity index (χ1v) is 4.98. The molecule has 1 aliphatic carbocycles. The van der Waals surface area contributed by atoms with Crippen molar-refractivity contribution in [3.63, 3.8) is 0 Å². The average molecular weight is 243 g/mol. The molecule has 1 unspecified atom stereocenters. The van der Waals surface area contributed by atoms with Gasteiger partial charge in [0, 0.05) is 6.42 Å². The molecule has 1 N–H and O–H groups in total. The van der Waals surface area contributed by atoms with Crippen molar-refractivity contribution >= 4 is 15.9 Å².